The van der Waals surface area contributed by atoms with Gasteiger partial charge in [0.1, 0.15) is 12.0 Å². The van der Waals surface area contributed by atoms with Gasteiger partial charge in [0.2, 0.25) is 10.0 Å². The minimum absolute atomic E-state index is 0. The Hall–Kier alpha value is -1.86. The molecule has 0 aliphatic carbocycles. The molecule has 0 unspecified atom stereocenters. The molecule has 0 radical (unpaired) electrons. The molecule has 0 bridgehead atoms. The van der Waals surface area contributed by atoms with Gasteiger partial charge in [-0.1, -0.05) is 11.2 Å². The smallest absolute Gasteiger partial charge is 0.220 e. The van der Waals surface area contributed by atoms with E-state index in [-0.39, 0.29) is 29.7 Å². The molecule has 2 aromatic rings. The highest BCUT2D eigenvalue weighted by Gasteiger charge is 2.29. The van der Waals surface area contributed by atoms with Crippen molar-refractivity contribution in [1.29, 1.82) is 0 Å². The summed E-state index contributed by atoms with van der Waals surface area (Å²) in [6.45, 7) is 4.75. The molecular formula is C20H31IN6O3S. The minimum atomic E-state index is -3.41. The normalized spacial score (nSPS) is 15.5. The summed E-state index contributed by atoms with van der Waals surface area (Å²) in [4.78, 5) is 8.55. The molecule has 1 aliphatic heterocycles. The van der Waals surface area contributed by atoms with Gasteiger partial charge in [0.15, 0.2) is 5.96 Å². The predicted molar refractivity (Wildman–Crippen MR) is 133 cm³/mol. The van der Waals surface area contributed by atoms with E-state index in [1.165, 1.54) is 27.4 Å². The zero-order valence-electron chi connectivity index (χ0n) is 18.4. The molecule has 1 aromatic heterocycles. The van der Waals surface area contributed by atoms with E-state index in [4.69, 9.17) is 4.52 Å². The van der Waals surface area contributed by atoms with Crippen molar-refractivity contribution in [3.63, 3.8) is 0 Å². The van der Waals surface area contributed by atoms with E-state index in [0.29, 0.717) is 38.4 Å². The number of piperazine rings is 1. The van der Waals surface area contributed by atoms with Crippen LogP contribution in [0.2, 0.25) is 0 Å². The number of aliphatic imine (C=N–C) groups is 1. The van der Waals surface area contributed by atoms with E-state index in [1.54, 1.807) is 13.1 Å². The number of benzene rings is 1. The number of nitrogens with one attached hydrogen (secondary N) is 1. The quantitative estimate of drug-likeness (QED) is 0.327. The lowest BCUT2D eigenvalue weighted by Gasteiger charge is -2.35. The number of halogens is 1. The molecule has 1 aromatic carbocycles. The second-order valence-electron chi connectivity index (χ2n) is 7.54. The van der Waals surface area contributed by atoms with E-state index >= 15 is 0 Å². The fraction of sp³-hybridized carbons (Fsp3) is 0.500. The highest BCUT2D eigenvalue weighted by Crippen LogP contribution is 2.17. The first kappa shape index (κ1) is 25.4. The maximum Gasteiger partial charge on any atom is 0.220 e. The summed E-state index contributed by atoms with van der Waals surface area (Å²) in [6, 6.07) is 7.97. The van der Waals surface area contributed by atoms with E-state index in [2.05, 4.69) is 50.4 Å². The Balaban J connectivity index is 0.00000341. The Morgan fingerprint density at radius 2 is 1.94 bits per heavy atom. The van der Waals surface area contributed by atoms with Crippen LogP contribution in [0.15, 0.2) is 40.0 Å². The maximum absolute atomic E-state index is 12.6. The van der Waals surface area contributed by atoms with Crippen LogP contribution in [0.5, 0.6) is 0 Å². The molecule has 1 aliphatic rings. The van der Waals surface area contributed by atoms with Crippen molar-refractivity contribution in [3.8, 4) is 0 Å². The lowest BCUT2D eigenvalue weighted by molar-refractivity contribution is 0.259. The first-order valence-corrected chi connectivity index (χ1v) is 11.5. The first-order chi connectivity index (χ1) is 14.3. The third kappa shape index (κ3) is 6.56. The molecule has 11 heteroatoms. The van der Waals surface area contributed by atoms with E-state index in [9.17, 15) is 8.42 Å². The van der Waals surface area contributed by atoms with Gasteiger partial charge in [-0.15, -0.1) is 24.0 Å². The Kier molecular flexibility index (Phi) is 9.13. The van der Waals surface area contributed by atoms with Crippen LogP contribution in [0, 0.1) is 6.92 Å². The average molecular weight is 562 g/mol. The van der Waals surface area contributed by atoms with Crippen LogP contribution < -0.4 is 10.2 Å². The molecular weight excluding hydrogens is 531 g/mol. The molecule has 0 saturated carbocycles. The predicted octanol–water partition coefficient (Wildman–Crippen LogP) is 1.89. The molecule has 3 rings (SSSR count). The second-order valence-corrected chi connectivity index (χ2v) is 9.51. The van der Waals surface area contributed by atoms with Gasteiger partial charge in [-0.05, 0) is 30.2 Å². The standard InChI is InChI=1S/C20H30N6O3S.HI/c1-16-13-19(24(3)4)6-5-17(16)14-22-20(21-2)25-8-10-26(11-9-25)30(27,28)15-18-7-12-29-23-18;/h5-7,12-13H,8-11,14-15H2,1-4H3,(H,21,22);1H. The Labute approximate surface area is 201 Å². The van der Waals surface area contributed by atoms with Gasteiger partial charge >= 0.3 is 0 Å². The number of hydrogen-bond donors (Lipinski definition) is 1. The van der Waals surface area contributed by atoms with Gasteiger partial charge in [0.25, 0.3) is 0 Å². The molecule has 0 amide bonds. The summed E-state index contributed by atoms with van der Waals surface area (Å²) in [7, 11) is 2.39. The monoisotopic (exact) mass is 562 g/mol. The molecule has 0 atom stereocenters. The summed E-state index contributed by atoms with van der Waals surface area (Å²) in [5.41, 5.74) is 4.01. The van der Waals surface area contributed by atoms with Gasteiger partial charge < -0.3 is 19.6 Å². The number of anilines is 1. The van der Waals surface area contributed by atoms with E-state index in [0.717, 1.165) is 5.96 Å². The molecule has 0 spiro atoms. The fourth-order valence-electron chi connectivity index (χ4n) is 3.43. The third-order valence-electron chi connectivity index (χ3n) is 5.24. The van der Waals surface area contributed by atoms with Gasteiger partial charge in [-0.3, -0.25) is 4.99 Å². The van der Waals surface area contributed by atoms with Crippen LogP contribution in [0.3, 0.4) is 0 Å². The Morgan fingerprint density at radius 1 is 1.23 bits per heavy atom. The maximum atomic E-state index is 12.6. The average Bonchev–Trinajstić information content (AvgIpc) is 3.22. The number of hydrogen-bond acceptors (Lipinski definition) is 6. The van der Waals surface area contributed by atoms with Crippen molar-refractivity contribution in [2.24, 2.45) is 4.99 Å². The minimum Gasteiger partial charge on any atom is -0.378 e. The lowest BCUT2D eigenvalue weighted by atomic mass is 10.1. The van der Waals surface area contributed by atoms with Crippen molar-refractivity contribution in [3.05, 3.63) is 47.3 Å². The summed E-state index contributed by atoms with van der Waals surface area (Å²) >= 11 is 0. The zero-order chi connectivity index (χ0) is 21.7. The third-order valence-corrected chi connectivity index (χ3v) is 7.06. The molecule has 1 N–H and O–H groups in total. The highest BCUT2D eigenvalue weighted by atomic mass is 127. The molecule has 172 valence electrons. The number of aromatic nitrogens is 1. The van der Waals surface area contributed by atoms with Crippen molar-refractivity contribution >= 4 is 45.6 Å². The zero-order valence-corrected chi connectivity index (χ0v) is 21.6. The van der Waals surface area contributed by atoms with Crippen LogP contribution in [0.25, 0.3) is 0 Å². The Morgan fingerprint density at radius 3 is 2.48 bits per heavy atom. The fourth-order valence-corrected chi connectivity index (χ4v) is 4.86. The van der Waals surface area contributed by atoms with Crippen molar-refractivity contribution < 1.29 is 12.9 Å². The van der Waals surface area contributed by atoms with Crippen molar-refractivity contribution in [1.82, 2.24) is 19.7 Å². The van der Waals surface area contributed by atoms with Gasteiger partial charge in [-0.25, -0.2) is 8.42 Å². The molecule has 31 heavy (non-hydrogen) atoms. The summed E-state index contributed by atoms with van der Waals surface area (Å²) < 4.78 is 31.4. The van der Waals surface area contributed by atoms with Crippen molar-refractivity contribution in [2.45, 2.75) is 19.2 Å². The highest BCUT2D eigenvalue weighted by molar-refractivity contribution is 14.0. The lowest BCUT2D eigenvalue weighted by Crippen LogP contribution is -2.53. The number of aryl methyl sites for hydroxylation is 1. The number of guanidine groups is 1. The number of nitrogens with zero attached hydrogens (tertiary/aromatic N) is 5. The number of rotatable bonds is 6. The SMILES string of the molecule is CN=C(NCc1ccc(N(C)C)cc1C)N1CCN(S(=O)(=O)Cc2ccon2)CC1.I. The van der Waals surface area contributed by atoms with Gasteiger partial charge in [-0.2, -0.15) is 4.31 Å². The summed E-state index contributed by atoms with van der Waals surface area (Å²) in [6.07, 6.45) is 1.38. The largest absolute Gasteiger partial charge is 0.378 e. The molecule has 2 heterocycles. The van der Waals surface area contributed by atoms with Crippen molar-refractivity contribution in [2.75, 3.05) is 52.2 Å². The molecule has 9 nitrogen and oxygen atoms in total. The summed E-state index contributed by atoms with van der Waals surface area (Å²) in [5, 5.41) is 7.11. The van der Waals surface area contributed by atoms with Crippen LogP contribution in [-0.2, 0) is 22.3 Å². The van der Waals surface area contributed by atoms with Crippen LogP contribution in [0.4, 0.5) is 5.69 Å². The van der Waals surface area contributed by atoms with Crippen LogP contribution >= 0.6 is 24.0 Å². The first-order valence-electron chi connectivity index (χ1n) is 9.89. The number of sulfonamides is 1. The van der Waals surface area contributed by atoms with E-state index < -0.39 is 10.0 Å². The van der Waals surface area contributed by atoms with Crippen LogP contribution in [0.1, 0.15) is 16.8 Å². The topological polar surface area (TPSA) is 94.3 Å². The van der Waals surface area contributed by atoms with E-state index in [1.807, 2.05) is 14.1 Å². The Bertz CT molecular complexity index is 971. The second kappa shape index (κ2) is 11.1. The molecule has 1 fully saturated rings. The van der Waals surface area contributed by atoms with Gasteiger partial charge in [0, 0.05) is 65.6 Å². The van der Waals surface area contributed by atoms with Crippen LogP contribution in [-0.4, -0.2) is 76.1 Å². The molecule has 1 saturated heterocycles. The van der Waals surface area contributed by atoms with Gasteiger partial charge in [0.05, 0.1) is 5.69 Å². The summed E-state index contributed by atoms with van der Waals surface area (Å²) in [5.74, 6) is 0.637.